The first-order valence-electron chi connectivity index (χ1n) is 12.1. The van der Waals surface area contributed by atoms with Crippen LogP contribution < -0.4 is 15.5 Å². The maximum absolute atomic E-state index is 14.8. The lowest BCUT2D eigenvalue weighted by Gasteiger charge is -2.33. The molecule has 192 valence electrons. The standard InChI is InChI=1S/C26H34F2N8/c1-16(2)36-19(5)32-25(18(4)27)23(36)11-17(3)21-12-24(29-15-22(21)28)33-26-30-13-20(14-31-26)35-9-7-34(6)8-10-35/h11-16,24,29H,4,7-10H2,1-3,5-6H3,(H,30,31,33)/b17-11+. The second kappa shape index (κ2) is 10.6. The number of allylic oxidation sites excluding steroid dienone is 3. The first-order chi connectivity index (χ1) is 17.1. The van der Waals surface area contributed by atoms with Gasteiger partial charge in [0, 0.05) is 44.0 Å². The van der Waals surface area contributed by atoms with Crippen LogP contribution in [-0.2, 0) is 0 Å². The van der Waals surface area contributed by atoms with Crippen LogP contribution in [0.15, 0.2) is 48.2 Å². The quantitative estimate of drug-likeness (QED) is 0.587. The van der Waals surface area contributed by atoms with Crippen LogP contribution in [0.4, 0.5) is 20.4 Å². The van der Waals surface area contributed by atoms with E-state index >= 15 is 0 Å². The van der Waals surface area contributed by atoms with Crippen LogP contribution in [-0.4, -0.2) is 63.8 Å². The molecule has 2 aliphatic heterocycles. The van der Waals surface area contributed by atoms with Crippen LogP contribution >= 0.6 is 0 Å². The first kappa shape index (κ1) is 25.6. The van der Waals surface area contributed by atoms with Crippen LogP contribution in [0.25, 0.3) is 11.9 Å². The summed E-state index contributed by atoms with van der Waals surface area (Å²) in [5.74, 6) is 0.0670. The van der Waals surface area contributed by atoms with Gasteiger partial charge in [0.2, 0.25) is 5.95 Å². The van der Waals surface area contributed by atoms with Gasteiger partial charge in [-0.1, -0.05) is 6.58 Å². The average molecular weight is 497 g/mol. The van der Waals surface area contributed by atoms with E-state index in [0.717, 1.165) is 31.9 Å². The molecular formula is C26H34F2N8. The predicted octanol–water partition coefficient (Wildman–Crippen LogP) is 4.44. The molecule has 2 aromatic heterocycles. The third kappa shape index (κ3) is 5.48. The highest BCUT2D eigenvalue weighted by atomic mass is 19.1. The molecule has 4 rings (SSSR count). The molecule has 1 unspecified atom stereocenters. The second-order valence-corrected chi connectivity index (χ2v) is 9.51. The maximum Gasteiger partial charge on any atom is 0.224 e. The van der Waals surface area contributed by atoms with Crippen LogP contribution in [0.5, 0.6) is 0 Å². The Morgan fingerprint density at radius 3 is 2.50 bits per heavy atom. The Morgan fingerprint density at radius 2 is 1.89 bits per heavy atom. The normalized spacial score (nSPS) is 19.2. The van der Waals surface area contributed by atoms with Crippen molar-refractivity contribution in [1.82, 2.24) is 29.7 Å². The fourth-order valence-electron chi connectivity index (χ4n) is 4.53. The number of halogens is 2. The summed E-state index contributed by atoms with van der Waals surface area (Å²) in [6, 6.07) is 0.0485. The SMILES string of the molecule is C=C(F)c1nc(C)n(C(C)C)c1/C=C(\C)C1=CC(Nc2ncc(N3CCN(C)CC3)cn2)NC=C1F. The van der Waals surface area contributed by atoms with E-state index in [1.807, 2.05) is 25.3 Å². The molecular weight excluding hydrogens is 462 g/mol. The average Bonchev–Trinajstić information content (AvgIpc) is 3.17. The molecule has 0 aliphatic carbocycles. The van der Waals surface area contributed by atoms with Gasteiger partial charge in [0.1, 0.15) is 29.3 Å². The van der Waals surface area contributed by atoms with Crippen molar-refractivity contribution < 1.29 is 8.78 Å². The number of aryl methyl sites for hydroxylation is 1. The fraction of sp³-hybridized carbons (Fsp3) is 0.423. The van der Waals surface area contributed by atoms with Gasteiger partial charge in [-0.3, -0.25) is 0 Å². The van der Waals surface area contributed by atoms with E-state index in [-0.39, 0.29) is 11.7 Å². The molecule has 2 N–H and O–H groups in total. The Labute approximate surface area is 211 Å². The Balaban J connectivity index is 1.54. The Hall–Kier alpha value is -3.53. The lowest BCUT2D eigenvalue weighted by Crippen LogP contribution is -2.44. The van der Waals surface area contributed by atoms with Gasteiger partial charge >= 0.3 is 0 Å². The Kier molecular flexibility index (Phi) is 7.53. The number of piperazine rings is 1. The van der Waals surface area contributed by atoms with Crippen molar-refractivity contribution in [2.24, 2.45) is 0 Å². The highest BCUT2D eigenvalue weighted by Crippen LogP contribution is 2.30. The molecule has 1 fully saturated rings. The zero-order valence-electron chi connectivity index (χ0n) is 21.5. The second-order valence-electron chi connectivity index (χ2n) is 9.51. The number of likely N-dealkylation sites (N-methyl/N-ethyl adjacent to an activating group) is 1. The molecule has 2 aromatic rings. The molecule has 0 bridgehead atoms. The van der Waals surface area contributed by atoms with Crippen molar-refractivity contribution in [1.29, 1.82) is 0 Å². The number of rotatable bonds is 7. The zero-order chi connectivity index (χ0) is 26.0. The third-order valence-corrected chi connectivity index (χ3v) is 6.45. The van der Waals surface area contributed by atoms with Gasteiger partial charge in [-0.2, -0.15) is 0 Å². The summed E-state index contributed by atoms with van der Waals surface area (Å²) in [7, 11) is 2.12. The highest BCUT2D eigenvalue weighted by Gasteiger charge is 2.21. The lowest BCUT2D eigenvalue weighted by atomic mass is 10.0. The van der Waals surface area contributed by atoms with Gasteiger partial charge < -0.3 is 25.0 Å². The van der Waals surface area contributed by atoms with Crippen molar-refractivity contribution >= 4 is 23.5 Å². The minimum atomic E-state index is -0.622. The van der Waals surface area contributed by atoms with Crippen molar-refractivity contribution in [2.45, 2.75) is 39.9 Å². The number of hydrogen-bond acceptors (Lipinski definition) is 7. The summed E-state index contributed by atoms with van der Waals surface area (Å²) in [5, 5.41) is 6.16. The Morgan fingerprint density at radius 1 is 1.22 bits per heavy atom. The smallest absolute Gasteiger partial charge is 0.224 e. The fourth-order valence-corrected chi connectivity index (χ4v) is 4.53. The zero-order valence-corrected chi connectivity index (χ0v) is 21.5. The van der Waals surface area contributed by atoms with Gasteiger partial charge in [0.05, 0.1) is 23.8 Å². The van der Waals surface area contributed by atoms with Crippen LogP contribution in [0, 0.1) is 6.92 Å². The van der Waals surface area contributed by atoms with Crippen molar-refractivity contribution in [3.8, 4) is 0 Å². The van der Waals surface area contributed by atoms with Crippen molar-refractivity contribution in [3.05, 3.63) is 65.4 Å². The number of imidazole rings is 1. The number of hydrogen-bond donors (Lipinski definition) is 2. The monoisotopic (exact) mass is 496 g/mol. The predicted molar refractivity (Wildman–Crippen MR) is 141 cm³/mol. The maximum atomic E-state index is 14.8. The van der Waals surface area contributed by atoms with E-state index in [2.05, 4.69) is 49.0 Å². The van der Waals surface area contributed by atoms with E-state index in [4.69, 9.17) is 0 Å². The van der Waals surface area contributed by atoms with E-state index in [1.54, 1.807) is 31.5 Å². The van der Waals surface area contributed by atoms with Crippen molar-refractivity contribution in [3.63, 3.8) is 0 Å². The summed E-state index contributed by atoms with van der Waals surface area (Å²) < 4.78 is 30.9. The highest BCUT2D eigenvalue weighted by molar-refractivity contribution is 5.69. The van der Waals surface area contributed by atoms with Crippen LogP contribution in [0.1, 0.15) is 44.0 Å². The number of nitrogens with zero attached hydrogens (tertiary/aromatic N) is 6. The van der Waals surface area contributed by atoms with Crippen LogP contribution in [0.3, 0.4) is 0 Å². The first-order valence-corrected chi connectivity index (χ1v) is 12.1. The largest absolute Gasteiger partial charge is 0.366 e. The van der Waals surface area contributed by atoms with Gasteiger partial charge in [-0.15, -0.1) is 0 Å². The molecule has 1 atom stereocenters. The van der Waals surface area contributed by atoms with Gasteiger partial charge in [-0.25, -0.2) is 23.7 Å². The number of nitrogens with one attached hydrogen (secondary N) is 2. The molecule has 0 spiro atoms. The molecule has 1 saturated heterocycles. The molecule has 4 heterocycles. The summed E-state index contributed by atoms with van der Waals surface area (Å²) in [4.78, 5) is 17.8. The summed E-state index contributed by atoms with van der Waals surface area (Å²) in [6.07, 6.45) is 7.97. The summed E-state index contributed by atoms with van der Waals surface area (Å²) >= 11 is 0. The minimum Gasteiger partial charge on any atom is -0.366 e. The summed E-state index contributed by atoms with van der Waals surface area (Å²) in [5.41, 5.74) is 2.74. The topological polar surface area (TPSA) is 74.1 Å². The molecule has 8 nitrogen and oxygen atoms in total. The van der Waals surface area contributed by atoms with Gasteiger partial charge in [0.25, 0.3) is 0 Å². The number of dihydropyridines is 1. The third-order valence-electron chi connectivity index (χ3n) is 6.45. The van der Waals surface area contributed by atoms with Crippen molar-refractivity contribution in [2.75, 3.05) is 43.4 Å². The molecule has 0 amide bonds. The molecule has 10 heteroatoms. The van der Waals surface area contributed by atoms with Crippen LogP contribution in [0.2, 0.25) is 0 Å². The van der Waals surface area contributed by atoms with E-state index in [0.29, 0.717) is 28.6 Å². The van der Waals surface area contributed by atoms with E-state index < -0.39 is 17.8 Å². The molecule has 36 heavy (non-hydrogen) atoms. The molecule has 0 radical (unpaired) electrons. The Bertz CT molecular complexity index is 1200. The minimum absolute atomic E-state index is 0.0485. The van der Waals surface area contributed by atoms with E-state index in [1.165, 1.54) is 6.20 Å². The van der Waals surface area contributed by atoms with E-state index in [9.17, 15) is 8.78 Å². The molecule has 2 aliphatic rings. The number of anilines is 2. The lowest BCUT2D eigenvalue weighted by molar-refractivity contribution is 0.312. The van der Waals surface area contributed by atoms with Gasteiger partial charge in [-0.05, 0) is 52.5 Å². The summed E-state index contributed by atoms with van der Waals surface area (Å²) in [6.45, 7) is 14.9. The number of aromatic nitrogens is 4. The van der Waals surface area contributed by atoms with Gasteiger partial charge in [0.15, 0.2) is 0 Å². The molecule has 0 saturated carbocycles. The molecule has 0 aromatic carbocycles.